The molecule has 0 atom stereocenters. The van der Waals surface area contributed by atoms with Crippen LogP contribution in [0.15, 0.2) is 37.9 Å². The van der Waals surface area contributed by atoms with Gasteiger partial charge in [-0.3, -0.25) is 9.67 Å². The first-order valence-corrected chi connectivity index (χ1v) is 11.8. The van der Waals surface area contributed by atoms with Crippen LogP contribution in [-0.4, -0.2) is 45.9 Å². The smallest absolute Gasteiger partial charge is 0.153 e. The van der Waals surface area contributed by atoms with Crippen molar-refractivity contribution >= 4 is 17.9 Å². The Bertz CT molecular complexity index is 656. The fraction of sp³-hybridized carbons (Fsp3) is 0.815. The lowest BCUT2D eigenvalue weighted by molar-refractivity contribution is 0.531. The Balaban J connectivity index is -0.0000000783. The first-order chi connectivity index (χ1) is 15.0. The van der Waals surface area contributed by atoms with Crippen molar-refractivity contribution in [1.29, 1.82) is 0 Å². The maximum atomic E-state index is 4.13. The molecule has 1 aromatic heterocycles. The van der Waals surface area contributed by atoms with Crippen molar-refractivity contribution < 1.29 is 0 Å². The van der Waals surface area contributed by atoms with E-state index < -0.39 is 0 Å². The molecule has 8 heteroatoms. The molecule has 210 valence electrons. The Morgan fingerprint density at radius 1 is 0.829 bits per heavy atom. The van der Waals surface area contributed by atoms with Crippen LogP contribution in [0.25, 0.3) is 0 Å². The highest BCUT2D eigenvalue weighted by Crippen LogP contribution is 2.19. The van der Waals surface area contributed by atoms with E-state index in [-0.39, 0.29) is 33.1 Å². The van der Waals surface area contributed by atoms with Crippen molar-refractivity contribution in [2.75, 3.05) is 13.2 Å². The zero-order valence-electron chi connectivity index (χ0n) is 23.3. The number of azo groups is 1. The van der Waals surface area contributed by atoms with Gasteiger partial charge in [0.2, 0.25) is 0 Å². The van der Waals surface area contributed by atoms with Crippen LogP contribution in [0.3, 0.4) is 0 Å². The third-order valence-electron chi connectivity index (χ3n) is 3.49. The first-order valence-electron chi connectivity index (χ1n) is 11.8. The second-order valence-electron chi connectivity index (χ2n) is 8.37. The summed E-state index contributed by atoms with van der Waals surface area (Å²) in [6.45, 7) is 30.1. The number of nitrogens with zero attached hydrogens (tertiary/aromatic N) is 8. The van der Waals surface area contributed by atoms with Gasteiger partial charge in [0.1, 0.15) is 19.0 Å². The quantitative estimate of drug-likeness (QED) is 0.386. The summed E-state index contributed by atoms with van der Waals surface area (Å²) >= 11 is 0. The highest BCUT2D eigenvalue weighted by atomic mass is 15.3. The Kier molecular flexibility index (Phi) is 34.7. The minimum atomic E-state index is 0. The summed E-state index contributed by atoms with van der Waals surface area (Å²) in [6, 6.07) is 0.428. The van der Waals surface area contributed by atoms with Gasteiger partial charge in [-0.15, -0.1) is 5.11 Å². The van der Waals surface area contributed by atoms with E-state index in [0.29, 0.717) is 12.7 Å². The Morgan fingerprint density at radius 3 is 1.51 bits per heavy atom. The van der Waals surface area contributed by atoms with Gasteiger partial charge in [-0.25, -0.2) is 15.0 Å². The third kappa shape index (κ3) is 23.3. The maximum Gasteiger partial charge on any atom is 0.153 e. The molecule has 0 N–H and O–H groups in total. The van der Waals surface area contributed by atoms with Crippen LogP contribution < -0.4 is 0 Å². The predicted molar refractivity (Wildman–Crippen MR) is 162 cm³/mol. The lowest BCUT2D eigenvalue weighted by atomic mass is 9.90. The van der Waals surface area contributed by atoms with Crippen molar-refractivity contribution in [3.8, 4) is 0 Å². The van der Waals surface area contributed by atoms with E-state index in [1.807, 2.05) is 41.5 Å². The van der Waals surface area contributed by atoms with E-state index in [9.17, 15) is 0 Å². The van der Waals surface area contributed by atoms with Crippen molar-refractivity contribution in [3.63, 3.8) is 0 Å². The molecule has 0 unspecified atom stereocenters. The summed E-state index contributed by atoms with van der Waals surface area (Å²) < 4.78 is 1.81. The van der Waals surface area contributed by atoms with Gasteiger partial charge in [-0.1, -0.05) is 105 Å². The summed E-state index contributed by atoms with van der Waals surface area (Å²) in [7, 11) is 0. The Hall–Kier alpha value is -2.25. The second-order valence-corrected chi connectivity index (χ2v) is 8.37. The van der Waals surface area contributed by atoms with Gasteiger partial charge in [-0.05, 0) is 13.8 Å². The number of rotatable bonds is 1. The standard InChI is InChI=1S/C7H12N2.C6H11N3.C5H9N3.3C2H6.3CH4/c1-7(2,3)6-4-8-5-9-6;1-6(2,3)5-7-4-8-9-5;1-5(2)8-4-6-3-7-8;3*1-2;;;/h5H,4H2,1-3H3;4H2,1-3H3;3-5H,1-2H3;3*1-2H3;3*1H4. The Morgan fingerprint density at radius 2 is 1.34 bits per heavy atom. The fourth-order valence-electron chi connectivity index (χ4n) is 1.81. The number of hydrogen-bond donors (Lipinski definition) is 0. The molecule has 3 rings (SSSR count). The molecule has 35 heavy (non-hydrogen) atoms. The van der Waals surface area contributed by atoms with Crippen LogP contribution in [0.4, 0.5) is 0 Å². The number of aliphatic imine (C=N–C) groups is 3. The summed E-state index contributed by atoms with van der Waals surface area (Å²) in [5, 5.41) is 11.6. The molecule has 2 aliphatic rings. The lowest BCUT2D eigenvalue weighted by Crippen LogP contribution is -2.20. The van der Waals surface area contributed by atoms with Crippen molar-refractivity contribution in [3.05, 3.63) is 12.7 Å². The van der Waals surface area contributed by atoms with Crippen molar-refractivity contribution in [2.45, 2.75) is 125 Å². The lowest BCUT2D eigenvalue weighted by Gasteiger charge is -2.16. The van der Waals surface area contributed by atoms with Gasteiger partial charge in [0, 0.05) is 22.6 Å². The molecular weight excluding hydrogens is 436 g/mol. The summed E-state index contributed by atoms with van der Waals surface area (Å²) in [6.07, 6.45) is 4.89. The fourth-order valence-corrected chi connectivity index (χ4v) is 1.81. The molecule has 2 aliphatic heterocycles. The highest BCUT2D eigenvalue weighted by molar-refractivity contribution is 5.99. The van der Waals surface area contributed by atoms with Crippen LogP contribution in [0.5, 0.6) is 0 Å². The van der Waals surface area contributed by atoms with Crippen LogP contribution in [0, 0.1) is 10.8 Å². The zero-order valence-corrected chi connectivity index (χ0v) is 23.3. The van der Waals surface area contributed by atoms with E-state index in [1.165, 1.54) is 5.71 Å². The first kappa shape index (κ1) is 46.1. The Labute approximate surface area is 220 Å². The topological polar surface area (TPSA) is 92.5 Å². The van der Waals surface area contributed by atoms with E-state index in [1.54, 1.807) is 23.7 Å². The van der Waals surface area contributed by atoms with E-state index >= 15 is 0 Å². The third-order valence-corrected chi connectivity index (χ3v) is 3.49. The molecule has 0 saturated heterocycles. The molecular formula is C27H62N8. The normalized spacial score (nSPS) is 12.3. The van der Waals surface area contributed by atoms with Crippen molar-refractivity contribution in [2.24, 2.45) is 36.0 Å². The SMILES string of the molecule is C.C.C.CC.CC.CC.CC(C)(C)C1=NC=NC1.CC(C)(C)C1=NCN=N1.CC(C)n1cncn1. The molecule has 8 nitrogen and oxygen atoms in total. The highest BCUT2D eigenvalue weighted by Gasteiger charge is 2.20. The average molecular weight is 499 g/mol. The molecule has 0 bridgehead atoms. The van der Waals surface area contributed by atoms with E-state index in [4.69, 9.17) is 0 Å². The van der Waals surface area contributed by atoms with Crippen molar-refractivity contribution in [1.82, 2.24) is 14.8 Å². The average Bonchev–Trinajstić information content (AvgIpc) is 3.56. The molecule has 3 heterocycles. The minimum Gasteiger partial charge on any atom is -0.267 e. The summed E-state index contributed by atoms with van der Waals surface area (Å²) in [5.74, 6) is 0.863. The van der Waals surface area contributed by atoms with Gasteiger partial charge in [-0.2, -0.15) is 10.2 Å². The van der Waals surface area contributed by atoms with E-state index in [0.717, 1.165) is 12.4 Å². The molecule has 0 aromatic carbocycles. The zero-order chi connectivity index (χ0) is 25.8. The predicted octanol–water partition coefficient (Wildman–Crippen LogP) is 9.22. The minimum absolute atomic E-state index is 0. The van der Waals surface area contributed by atoms with Gasteiger partial charge in [0.15, 0.2) is 12.5 Å². The summed E-state index contributed by atoms with van der Waals surface area (Å²) in [4.78, 5) is 16.0. The molecule has 0 radical (unpaired) electrons. The van der Waals surface area contributed by atoms with Crippen LogP contribution >= 0.6 is 0 Å². The molecule has 1 aromatic rings. The molecule has 0 spiro atoms. The summed E-state index contributed by atoms with van der Waals surface area (Å²) in [5.41, 5.74) is 1.46. The van der Waals surface area contributed by atoms with Gasteiger partial charge < -0.3 is 0 Å². The van der Waals surface area contributed by atoms with Gasteiger partial charge in [0.05, 0.1) is 6.54 Å². The van der Waals surface area contributed by atoms with Crippen LogP contribution in [0.2, 0.25) is 0 Å². The number of amidine groups is 1. The van der Waals surface area contributed by atoms with Crippen LogP contribution in [-0.2, 0) is 0 Å². The second kappa shape index (κ2) is 26.4. The largest absolute Gasteiger partial charge is 0.267 e. The monoisotopic (exact) mass is 499 g/mol. The molecule has 0 aliphatic carbocycles. The van der Waals surface area contributed by atoms with Crippen LogP contribution in [0.1, 0.15) is 125 Å². The number of aromatic nitrogens is 3. The molecule has 0 saturated carbocycles. The number of hydrogen-bond acceptors (Lipinski definition) is 7. The molecule has 0 amide bonds. The van der Waals surface area contributed by atoms with Gasteiger partial charge in [0.25, 0.3) is 0 Å². The van der Waals surface area contributed by atoms with Gasteiger partial charge >= 0.3 is 0 Å². The maximum absolute atomic E-state index is 4.13. The molecule has 0 fully saturated rings. The van der Waals surface area contributed by atoms with E-state index in [2.05, 4.69) is 90.7 Å².